The van der Waals surface area contributed by atoms with Gasteiger partial charge in [0.15, 0.2) is 0 Å². The largest absolute Gasteiger partial charge is 0.346 e. The summed E-state index contributed by atoms with van der Waals surface area (Å²) in [6.07, 6.45) is 3.89. The molecule has 0 radical (unpaired) electrons. The minimum Gasteiger partial charge on any atom is -0.324 e. The second-order valence-electron chi connectivity index (χ2n) is 7.06. The molecule has 1 aliphatic heterocycles. The molecule has 0 atom stereocenters. The summed E-state index contributed by atoms with van der Waals surface area (Å²) in [5.74, 6) is 6.69. The third kappa shape index (κ3) is 4.64. The molecule has 146 valence electrons. The molecule has 0 spiro atoms. The molecule has 0 aliphatic carbocycles. The van der Waals surface area contributed by atoms with E-state index in [9.17, 15) is 9.59 Å². The molecular formula is C23H22N4O2. The molecule has 0 unspecified atom stereocenters. The van der Waals surface area contributed by atoms with Gasteiger partial charge in [-0.05, 0) is 43.2 Å². The molecule has 4 rings (SSSR count). The van der Waals surface area contributed by atoms with Crippen LogP contribution in [0.3, 0.4) is 0 Å². The van der Waals surface area contributed by atoms with Crippen molar-refractivity contribution in [2.45, 2.75) is 38.8 Å². The van der Waals surface area contributed by atoms with E-state index in [0.717, 1.165) is 42.6 Å². The number of aryl methyl sites for hydroxylation is 1. The number of fused-ring (bicyclic) bond motifs is 1. The Labute approximate surface area is 169 Å². The fourth-order valence-electron chi connectivity index (χ4n) is 3.41. The Bertz CT molecular complexity index is 1130. The highest BCUT2D eigenvalue weighted by Crippen LogP contribution is 2.12. The zero-order chi connectivity index (χ0) is 20.1. The Hall–Kier alpha value is -3.59. The standard InChI is InChI=1S/C23H22N4O2/c28-22(17-27-23(29)26-15-6-2-5-12-21(26)25-27)24-20-11-7-10-19(16-20)14-13-18-8-3-1-4-9-18/h1,3-4,7-11,16H,2,5-6,12,15,17H2,(H,24,28). The van der Waals surface area contributed by atoms with Gasteiger partial charge in [-0.15, -0.1) is 0 Å². The summed E-state index contributed by atoms with van der Waals surface area (Å²) in [7, 11) is 0. The number of rotatable bonds is 3. The molecular weight excluding hydrogens is 364 g/mol. The molecule has 6 heteroatoms. The Morgan fingerprint density at radius 1 is 1.00 bits per heavy atom. The average molecular weight is 386 g/mol. The van der Waals surface area contributed by atoms with Gasteiger partial charge in [-0.1, -0.05) is 42.5 Å². The first-order valence-electron chi connectivity index (χ1n) is 9.82. The summed E-state index contributed by atoms with van der Waals surface area (Å²) >= 11 is 0. The van der Waals surface area contributed by atoms with Crippen molar-refractivity contribution >= 4 is 11.6 Å². The number of anilines is 1. The summed E-state index contributed by atoms with van der Waals surface area (Å²) in [6.45, 7) is 0.580. The van der Waals surface area contributed by atoms with Gasteiger partial charge in [0.05, 0.1) is 0 Å². The lowest BCUT2D eigenvalue weighted by Gasteiger charge is -2.05. The number of nitrogens with zero attached hydrogens (tertiary/aromatic N) is 3. The molecule has 0 bridgehead atoms. The first-order chi connectivity index (χ1) is 14.2. The van der Waals surface area contributed by atoms with E-state index in [2.05, 4.69) is 22.3 Å². The van der Waals surface area contributed by atoms with Crippen LogP contribution in [0, 0.1) is 11.8 Å². The second kappa shape index (κ2) is 8.61. The highest BCUT2D eigenvalue weighted by Gasteiger charge is 2.17. The van der Waals surface area contributed by atoms with E-state index in [1.54, 1.807) is 10.6 Å². The van der Waals surface area contributed by atoms with Crippen LogP contribution in [0.25, 0.3) is 0 Å². The fourth-order valence-corrected chi connectivity index (χ4v) is 3.41. The van der Waals surface area contributed by atoms with Crippen LogP contribution >= 0.6 is 0 Å². The zero-order valence-electron chi connectivity index (χ0n) is 16.1. The van der Waals surface area contributed by atoms with Crippen LogP contribution in [0.4, 0.5) is 5.69 Å². The molecule has 29 heavy (non-hydrogen) atoms. The van der Waals surface area contributed by atoms with Gasteiger partial charge in [0.1, 0.15) is 12.4 Å². The molecule has 0 fully saturated rings. The summed E-state index contributed by atoms with van der Waals surface area (Å²) in [6, 6.07) is 17.1. The smallest absolute Gasteiger partial charge is 0.324 e. The number of hydrogen-bond acceptors (Lipinski definition) is 3. The topological polar surface area (TPSA) is 68.9 Å². The molecule has 1 aromatic heterocycles. The van der Waals surface area contributed by atoms with Crippen molar-refractivity contribution in [3.05, 3.63) is 82.0 Å². The number of nitrogens with one attached hydrogen (secondary N) is 1. The third-order valence-electron chi connectivity index (χ3n) is 4.85. The van der Waals surface area contributed by atoms with Crippen molar-refractivity contribution in [1.82, 2.24) is 14.3 Å². The van der Waals surface area contributed by atoms with Crippen molar-refractivity contribution in [1.29, 1.82) is 0 Å². The molecule has 0 saturated heterocycles. The first kappa shape index (κ1) is 18.8. The zero-order valence-corrected chi connectivity index (χ0v) is 16.1. The van der Waals surface area contributed by atoms with Crippen LogP contribution in [-0.2, 0) is 24.3 Å². The molecule has 0 saturated carbocycles. The van der Waals surface area contributed by atoms with E-state index >= 15 is 0 Å². The Kier molecular flexibility index (Phi) is 5.57. The van der Waals surface area contributed by atoms with E-state index in [1.165, 1.54) is 4.68 Å². The molecule has 1 N–H and O–H groups in total. The van der Waals surface area contributed by atoms with E-state index in [4.69, 9.17) is 0 Å². The minimum atomic E-state index is -0.284. The monoisotopic (exact) mass is 386 g/mol. The van der Waals surface area contributed by atoms with Crippen molar-refractivity contribution in [2.75, 3.05) is 5.32 Å². The molecule has 1 amide bonds. The van der Waals surface area contributed by atoms with E-state index in [0.29, 0.717) is 12.2 Å². The van der Waals surface area contributed by atoms with Crippen molar-refractivity contribution in [3.63, 3.8) is 0 Å². The van der Waals surface area contributed by atoms with Gasteiger partial charge in [0.2, 0.25) is 5.91 Å². The maximum absolute atomic E-state index is 12.5. The van der Waals surface area contributed by atoms with Gasteiger partial charge < -0.3 is 5.32 Å². The fraction of sp³-hybridized carbons (Fsp3) is 0.261. The number of carbonyl (C=O) groups is 1. The van der Waals surface area contributed by atoms with Gasteiger partial charge in [-0.25, -0.2) is 9.48 Å². The lowest BCUT2D eigenvalue weighted by molar-refractivity contribution is -0.117. The van der Waals surface area contributed by atoms with Crippen molar-refractivity contribution in [2.24, 2.45) is 0 Å². The van der Waals surface area contributed by atoms with Crippen LogP contribution in [0.15, 0.2) is 59.4 Å². The van der Waals surface area contributed by atoms with Crippen molar-refractivity contribution < 1.29 is 4.79 Å². The number of benzene rings is 2. The van der Waals surface area contributed by atoms with Gasteiger partial charge in [0.25, 0.3) is 0 Å². The van der Waals surface area contributed by atoms with Gasteiger partial charge in [0, 0.05) is 29.8 Å². The lowest BCUT2D eigenvalue weighted by atomic mass is 10.1. The Morgan fingerprint density at radius 2 is 1.79 bits per heavy atom. The number of amides is 1. The van der Waals surface area contributed by atoms with Gasteiger partial charge in [-0.2, -0.15) is 5.10 Å². The normalized spacial score (nSPS) is 13.0. The molecule has 3 aromatic rings. The Morgan fingerprint density at radius 3 is 2.66 bits per heavy atom. The minimum absolute atomic E-state index is 0.0985. The Balaban J connectivity index is 1.44. The number of carbonyl (C=O) groups excluding carboxylic acids is 1. The molecule has 6 nitrogen and oxygen atoms in total. The average Bonchev–Trinajstić information content (AvgIpc) is 2.89. The summed E-state index contributed by atoms with van der Waals surface area (Å²) in [5, 5.41) is 7.19. The molecule has 1 aliphatic rings. The van der Waals surface area contributed by atoms with Crippen molar-refractivity contribution in [3.8, 4) is 11.8 Å². The third-order valence-corrected chi connectivity index (χ3v) is 4.85. The van der Waals surface area contributed by atoms with Crippen LogP contribution in [0.2, 0.25) is 0 Å². The van der Waals surface area contributed by atoms with E-state index in [1.807, 2.05) is 48.5 Å². The highest BCUT2D eigenvalue weighted by molar-refractivity contribution is 5.90. The first-order valence-corrected chi connectivity index (χ1v) is 9.82. The maximum atomic E-state index is 12.5. The molecule has 2 aromatic carbocycles. The summed E-state index contributed by atoms with van der Waals surface area (Å²) in [4.78, 5) is 24.9. The van der Waals surface area contributed by atoms with Gasteiger partial charge >= 0.3 is 5.69 Å². The SMILES string of the molecule is O=C(Cn1nc2n(c1=O)CCCCC2)Nc1cccc(C#Cc2ccccc2)c1. The molecule has 2 heterocycles. The highest BCUT2D eigenvalue weighted by atomic mass is 16.2. The number of hydrogen-bond donors (Lipinski definition) is 1. The quantitative estimate of drug-likeness (QED) is 0.704. The summed E-state index contributed by atoms with van der Waals surface area (Å²) in [5.41, 5.74) is 2.17. The lowest BCUT2D eigenvalue weighted by Crippen LogP contribution is -2.30. The van der Waals surface area contributed by atoms with Crippen LogP contribution < -0.4 is 11.0 Å². The number of aromatic nitrogens is 3. The second-order valence-corrected chi connectivity index (χ2v) is 7.06. The van der Waals surface area contributed by atoms with Crippen LogP contribution in [0.1, 0.15) is 36.2 Å². The van der Waals surface area contributed by atoms with E-state index in [-0.39, 0.29) is 18.1 Å². The van der Waals surface area contributed by atoms with Crippen LogP contribution in [-0.4, -0.2) is 20.3 Å². The van der Waals surface area contributed by atoms with Gasteiger partial charge in [-0.3, -0.25) is 9.36 Å². The van der Waals surface area contributed by atoms with E-state index < -0.39 is 0 Å². The maximum Gasteiger partial charge on any atom is 0.346 e. The van der Waals surface area contributed by atoms with Crippen LogP contribution in [0.5, 0.6) is 0 Å². The summed E-state index contributed by atoms with van der Waals surface area (Å²) < 4.78 is 2.95. The predicted molar refractivity (Wildman–Crippen MR) is 112 cm³/mol. The predicted octanol–water partition coefficient (Wildman–Crippen LogP) is 2.81.